The number of benzene rings is 3. The van der Waals surface area contributed by atoms with Crippen LogP contribution in [0.3, 0.4) is 0 Å². The van der Waals surface area contributed by atoms with Crippen molar-refractivity contribution in [2.45, 2.75) is 13.0 Å². The van der Waals surface area contributed by atoms with Gasteiger partial charge in [0.2, 0.25) is 11.6 Å². The third-order valence-electron chi connectivity index (χ3n) is 5.92. The van der Waals surface area contributed by atoms with E-state index >= 15 is 0 Å². The van der Waals surface area contributed by atoms with E-state index in [0.29, 0.717) is 22.2 Å². The predicted octanol–water partition coefficient (Wildman–Crippen LogP) is 5.11. The van der Waals surface area contributed by atoms with Gasteiger partial charge in [-0.05, 0) is 43.3 Å². The van der Waals surface area contributed by atoms with Crippen molar-refractivity contribution < 1.29 is 28.7 Å². The van der Waals surface area contributed by atoms with Gasteiger partial charge in [0.05, 0.1) is 39.6 Å². The number of para-hydroxylation sites is 1. The zero-order valence-corrected chi connectivity index (χ0v) is 21.7. The van der Waals surface area contributed by atoms with E-state index in [9.17, 15) is 19.7 Å². The Labute approximate surface area is 229 Å². The molecule has 0 amide bonds. The van der Waals surface area contributed by atoms with E-state index in [0.717, 1.165) is 10.7 Å². The maximum Gasteiger partial charge on any atom is 0.344 e. The van der Waals surface area contributed by atoms with Gasteiger partial charge in [-0.25, -0.2) is 9.78 Å². The minimum atomic E-state index is -1.39. The van der Waals surface area contributed by atoms with Crippen molar-refractivity contribution >= 4 is 51.3 Å². The fraction of sp³-hybridized carbons (Fsp3) is 0.111. The standard InChI is InChI=1S/C27H19ClN4O8/c1-14(27(34)35)39-24-18(28)10-15(11-20(24)32(36)37)13-29-31-25(30-19-7-4-3-6-16(19)26(31)33)23-12-17-21(38-2)8-5-9-22(17)40-23/h3-14H,1-2H3,(H,34,35)/t14-/m1/s1. The molecule has 0 spiro atoms. The molecule has 0 radical (unpaired) electrons. The number of carbonyl (C=O) groups is 1. The minimum absolute atomic E-state index is 0.0778. The lowest BCUT2D eigenvalue weighted by molar-refractivity contribution is -0.386. The first-order valence-electron chi connectivity index (χ1n) is 11.7. The topological polar surface area (TPSA) is 159 Å². The Balaban J connectivity index is 1.66. The van der Waals surface area contributed by atoms with Crippen molar-refractivity contribution in [2.24, 2.45) is 5.10 Å². The van der Waals surface area contributed by atoms with E-state index in [1.165, 1.54) is 26.3 Å². The van der Waals surface area contributed by atoms with Crippen LogP contribution >= 0.6 is 11.6 Å². The predicted molar refractivity (Wildman–Crippen MR) is 147 cm³/mol. The molecule has 3 aromatic carbocycles. The molecule has 1 N–H and O–H groups in total. The Kier molecular flexibility index (Phi) is 6.92. The van der Waals surface area contributed by atoms with Crippen molar-refractivity contribution in [1.29, 1.82) is 0 Å². The van der Waals surface area contributed by atoms with Crippen molar-refractivity contribution in [3.8, 4) is 23.1 Å². The molecule has 12 nitrogen and oxygen atoms in total. The lowest BCUT2D eigenvalue weighted by Gasteiger charge is -2.12. The van der Waals surface area contributed by atoms with Gasteiger partial charge in [-0.15, -0.1) is 0 Å². The summed E-state index contributed by atoms with van der Waals surface area (Å²) in [7, 11) is 1.53. The molecule has 0 bridgehead atoms. The summed E-state index contributed by atoms with van der Waals surface area (Å²) in [6.45, 7) is 1.21. The second-order valence-electron chi connectivity index (χ2n) is 8.50. The number of hydrogen-bond donors (Lipinski definition) is 1. The first-order chi connectivity index (χ1) is 19.2. The van der Waals surface area contributed by atoms with Gasteiger partial charge in [0.15, 0.2) is 11.9 Å². The molecular weight excluding hydrogens is 544 g/mol. The average Bonchev–Trinajstić information content (AvgIpc) is 3.38. The summed E-state index contributed by atoms with van der Waals surface area (Å²) in [5, 5.41) is 25.8. The molecule has 0 aliphatic carbocycles. The molecule has 1 atom stereocenters. The Bertz CT molecular complexity index is 1900. The van der Waals surface area contributed by atoms with Crippen molar-refractivity contribution in [1.82, 2.24) is 9.66 Å². The van der Waals surface area contributed by atoms with Gasteiger partial charge in [-0.1, -0.05) is 29.8 Å². The van der Waals surface area contributed by atoms with Crippen LogP contribution in [0.2, 0.25) is 5.02 Å². The molecule has 5 aromatic rings. The van der Waals surface area contributed by atoms with Gasteiger partial charge >= 0.3 is 11.7 Å². The summed E-state index contributed by atoms with van der Waals surface area (Å²) in [6.07, 6.45) is -0.198. The summed E-state index contributed by atoms with van der Waals surface area (Å²) in [5.74, 6) is -0.855. The maximum absolute atomic E-state index is 13.5. The summed E-state index contributed by atoms with van der Waals surface area (Å²) >= 11 is 6.23. The number of aliphatic carboxylic acids is 1. The van der Waals surface area contributed by atoms with Crippen LogP contribution < -0.4 is 15.0 Å². The number of methoxy groups -OCH3 is 1. The smallest absolute Gasteiger partial charge is 0.344 e. The molecular formula is C27H19ClN4O8. The largest absolute Gasteiger partial charge is 0.496 e. The fourth-order valence-electron chi connectivity index (χ4n) is 3.99. The molecule has 0 aliphatic rings. The molecule has 0 fully saturated rings. The average molecular weight is 563 g/mol. The number of rotatable bonds is 8. The number of ether oxygens (including phenoxy) is 2. The van der Waals surface area contributed by atoms with E-state index in [4.69, 9.17) is 30.6 Å². The third-order valence-corrected chi connectivity index (χ3v) is 6.20. The molecule has 0 aliphatic heterocycles. The molecule has 40 heavy (non-hydrogen) atoms. The third kappa shape index (κ3) is 4.83. The highest BCUT2D eigenvalue weighted by Crippen LogP contribution is 2.37. The molecule has 0 saturated carbocycles. The van der Waals surface area contributed by atoms with Gasteiger partial charge in [-0.3, -0.25) is 14.9 Å². The lowest BCUT2D eigenvalue weighted by atomic mass is 10.2. The van der Waals surface area contributed by atoms with Crippen LogP contribution in [0, 0.1) is 10.1 Å². The second-order valence-corrected chi connectivity index (χ2v) is 8.91. The summed E-state index contributed by atoms with van der Waals surface area (Å²) in [6, 6.07) is 16.0. The molecule has 2 aromatic heterocycles. The van der Waals surface area contributed by atoms with Gasteiger partial charge in [0.25, 0.3) is 5.56 Å². The van der Waals surface area contributed by atoms with Crippen LogP contribution in [0.5, 0.6) is 11.5 Å². The summed E-state index contributed by atoms with van der Waals surface area (Å²) < 4.78 is 17.6. The second kappa shape index (κ2) is 10.5. The highest BCUT2D eigenvalue weighted by molar-refractivity contribution is 6.32. The first kappa shape index (κ1) is 26.4. The maximum atomic E-state index is 13.5. The number of furan rings is 1. The van der Waals surface area contributed by atoms with Crippen molar-refractivity contribution in [2.75, 3.05) is 7.11 Å². The van der Waals surface area contributed by atoms with Crippen LogP contribution in [-0.4, -0.2) is 45.1 Å². The Morgan fingerprint density at radius 1 is 1.20 bits per heavy atom. The molecule has 202 valence electrons. The zero-order valence-electron chi connectivity index (χ0n) is 20.9. The van der Waals surface area contributed by atoms with Crippen molar-refractivity contribution in [3.63, 3.8) is 0 Å². The van der Waals surface area contributed by atoms with E-state index < -0.39 is 34.0 Å². The molecule has 0 unspecified atom stereocenters. The highest BCUT2D eigenvalue weighted by Gasteiger charge is 2.25. The normalized spacial score (nSPS) is 12.2. The molecule has 5 rings (SSSR count). The van der Waals surface area contributed by atoms with Crippen LogP contribution in [-0.2, 0) is 4.79 Å². The molecule has 0 saturated heterocycles. The van der Waals surface area contributed by atoms with Gasteiger partial charge < -0.3 is 19.0 Å². The number of nitro groups is 1. The first-order valence-corrected chi connectivity index (χ1v) is 12.1. The number of nitro benzene ring substituents is 1. The number of carboxylic acids is 1. The van der Waals surface area contributed by atoms with Gasteiger partial charge in [0, 0.05) is 11.6 Å². The number of carboxylic acid groups (broad SMARTS) is 1. The molecule has 2 heterocycles. The van der Waals surface area contributed by atoms with Gasteiger partial charge in [0.1, 0.15) is 11.3 Å². The van der Waals surface area contributed by atoms with E-state index in [1.807, 2.05) is 0 Å². The van der Waals surface area contributed by atoms with Crippen LogP contribution in [0.15, 0.2) is 75.0 Å². The Morgan fingerprint density at radius 3 is 2.70 bits per heavy atom. The monoisotopic (exact) mass is 562 g/mol. The zero-order chi connectivity index (χ0) is 28.6. The Morgan fingerprint density at radius 2 is 1.98 bits per heavy atom. The number of nitrogens with zero attached hydrogens (tertiary/aromatic N) is 4. The SMILES string of the molecule is COc1cccc2oc(-c3nc4ccccc4c(=O)n3N=Cc3cc(Cl)c(O[C@H](C)C(=O)O)c([N+](=O)[O-])c3)cc12. The summed E-state index contributed by atoms with van der Waals surface area (Å²) in [4.78, 5) is 40.2. The Hall–Kier alpha value is -5.23. The molecule has 13 heteroatoms. The van der Waals surface area contributed by atoms with E-state index in [2.05, 4.69) is 10.1 Å². The highest BCUT2D eigenvalue weighted by atomic mass is 35.5. The lowest BCUT2D eigenvalue weighted by Crippen LogP contribution is -2.23. The quantitative estimate of drug-likeness (QED) is 0.154. The van der Waals surface area contributed by atoms with E-state index in [1.54, 1.807) is 48.5 Å². The van der Waals surface area contributed by atoms with Crippen LogP contribution in [0.4, 0.5) is 5.69 Å². The number of halogens is 1. The van der Waals surface area contributed by atoms with Crippen LogP contribution in [0.1, 0.15) is 12.5 Å². The number of aromatic nitrogens is 2. The minimum Gasteiger partial charge on any atom is -0.496 e. The van der Waals surface area contributed by atoms with Gasteiger partial charge in [-0.2, -0.15) is 9.78 Å². The number of fused-ring (bicyclic) bond motifs is 2. The van der Waals surface area contributed by atoms with E-state index in [-0.39, 0.29) is 27.6 Å². The van der Waals surface area contributed by atoms with Crippen LogP contribution in [0.25, 0.3) is 33.5 Å². The number of hydrogen-bond acceptors (Lipinski definition) is 9. The summed E-state index contributed by atoms with van der Waals surface area (Å²) in [5.41, 5.74) is -0.0324. The van der Waals surface area contributed by atoms with Crippen molar-refractivity contribution in [3.05, 3.63) is 91.7 Å². The fourth-order valence-corrected chi connectivity index (χ4v) is 4.26.